The fourth-order valence-corrected chi connectivity index (χ4v) is 1.33. The van der Waals surface area contributed by atoms with Crippen LogP contribution < -0.4 is 0 Å². The van der Waals surface area contributed by atoms with Crippen molar-refractivity contribution in [3.63, 3.8) is 0 Å². The van der Waals surface area contributed by atoms with Crippen LogP contribution in [0.15, 0.2) is 48.5 Å². The van der Waals surface area contributed by atoms with Crippen LogP contribution in [0.4, 0.5) is 0 Å². The van der Waals surface area contributed by atoms with Crippen molar-refractivity contribution in [2.24, 2.45) is 0 Å². The van der Waals surface area contributed by atoms with E-state index in [-0.39, 0.29) is 11.3 Å². The van der Waals surface area contributed by atoms with Gasteiger partial charge in [0.05, 0.1) is 0 Å². The molecule has 0 spiro atoms. The molecule has 0 saturated heterocycles. The number of hydrogen-bond donors (Lipinski definition) is 2. The second-order valence-electron chi connectivity index (χ2n) is 3.40. The fourth-order valence-electron chi connectivity index (χ4n) is 1.33. The van der Waals surface area contributed by atoms with Gasteiger partial charge in [0, 0.05) is 0 Å². The first kappa shape index (κ1) is 10.2. The van der Waals surface area contributed by atoms with E-state index in [1.165, 1.54) is 23.3 Å². The molecule has 1 aromatic carbocycles. The van der Waals surface area contributed by atoms with Crippen molar-refractivity contribution in [3.8, 4) is 16.9 Å². The lowest BCUT2D eigenvalue weighted by Gasteiger charge is -1.95. The Balaban J connectivity index is 0.000000134. The smallest absolute Gasteiger partial charge is 0.339 e. The number of hydrogen-bond acceptors (Lipinski definition) is 2. The lowest BCUT2D eigenvalue weighted by molar-refractivity contribution is 0.0694. The molecule has 80 valence electrons. The molecule has 2 aliphatic rings. The van der Waals surface area contributed by atoms with Crippen molar-refractivity contribution >= 4 is 5.97 Å². The maximum absolute atomic E-state index is 10.3. The van der Waals surface area contributed by atoms with Crippen LogP contribution in [-0.2, 0) is 0 Å². The Morgan fingerprint density at radius 3 is 1.88 bits per heavy atom. The van der Waals surface area contributed by atoms with Gasteiger partial charge in [0.1, 0.15) is 11.3 Å². The third-order valence-electron chi connectivity index (χ3n) is 2.25. The van der Waals surface area contributed by atoms with E-state index in [1.807, 2.05) is 0 Å². The zero-order valence-corrected chi connectivity index (χ0v) is 8.42. The number of fused-ring (bicyclic) bond motifs is 1. The van der Waals surface area contributed by atoms with Crippen LogP contribution in [0.25, 0.3) is 11.1 Å². The molecule has 2 aliphatic carbocycles. The number of aromatic carboxylic acids is 1. The minimum Gasteiger partial charge on any atom is -0.507 e. The second kappa shape index (κ2) is 4.06. The van der Waals surface area contributed by atoms with Gasteiger partial charge in [-0.3, -0.25) is 0 Å². The first-order valence-corrected chi connectivity index (χ1v) is 4.80. The van der Waals surface area contributed by atoms with E-state index in [2.05, 4.69) is 24.3 Å². The molecule has 3 nitrogen and oxygen atoms in total. The number of benzene rings is 2. The summed E-state index contributed by atoms with van der Waals surface area (Å²) in [5.41, 5.74) is 2.78. The topological polar surface area (TPSA) is 57.5 Å². The fraction of sp³-hybridized carbons (Fsp3) is 0. The molecule has 0 amide bonds. The van der Waals surface area contributed by atoms with Crippen LogP contribution in [0.1, 0.15) is 10.4 Å². The number of phenols is 1. The summed E-state index contributed by atoms with van der Waals surface area (Å²) in [6.07, 6.45) is 0. The molecule has 0 radical (unpaired) electrons. The zero-order chi connectivity index (χ0) is 11.5. The van der Waals surface area contributed by atoms with Gasteiger partial charge in [0.15, 0.2) is 0 Å². The maximum Gasteiger partial charge on any atom is 0.339 e. The number of carboxylic acids is 1. The minimum atomic E-state index is -1.11. The van der Waals surface area contributed by atoms with E-state index in [4.69, 9.17) is 10.2 Å². The van der Waals surface area contributed by atoms with Gasteiger partial charge in [-0.15, -0.1) is 0 Å². The first-order valence-electron chi connectivity index (χ1n) is 4.80. The van der Waals surface area contributed by atoms with Gasteiger partial charge in [0.25, 0.3) is 0 Å². The Hall–Kier alpha value is -2.29. The summed E-state index contributed by atoms with van der Waals surface area (Å²) in [4.78, 5) is 10.3. The zero-order valence-electron chi connectivity index (χ0n) is 8.42. The van der Waals surface area contributed by atoms with E-state index in [0.29, 0.717) is 0 Å². The molecule has 3 rings (SSSR count). The van der Waals surface area contributed by atoms with Gasteiger partial charge in [-0.05, 0) is 29.3 Å². The van der Waals surface area contributed by atoms with Crippen LogP contribution in [0.3, 0.4) is 0 Å². The highest BCUT2D eigenvalue weighted by atomic mass is 16.4. The molecule has 2 N–H and O–H groups in total. The molecule has 0 fully saturated rings. The number of aromatic hydroxyl groups is 1. The Labute approximate surface area is 92.6 Å². The predicted molar refractivity (Wildman–Crippen MR) is 60.5 cm³/mol. The molecule has 0 bridgehead atoms. The lowest BCUT2D eigenvalue weighted by atomic mass is 10.2. The van der Waals surface area contributed by atoms with Crippen molar-refractivity contribution in [3.05, 3.63) is 54.1 Å². The number of carbonyl (C=O) groups is 1. The summed E-state index contributed by atoms with van der Waals surface area (Å²) in [6, 6.07) is 14.3. The normalized spacial score (nSPS) is 10.0. The largest absolute Gasteiger partial charge is 0.507 e. The van der Waals surface area contributed by atoms with Gasteiger partial charge < -0.3 is 10.2 Å². The van der Waals surface area contributed by atoms with Crippen molar-refractivity contribution in [1.82, 2.24) is 0 Å². The highest BCUT2D eigenvalue weighted by Crippen LogP contribution is 2.32. The summed E-state index contributed by atoms with van der Waals surface area (Å²) >= 11 is 0. The number of para-hydroxylation sites is 1. The molecule has 3 heteroatoms. The van der Waals surface area contributed by atoms with Crippen LogP contribution in [0.2, 0.25) is 0 Å². The summed E-state index contributed by atoms with van der Waals surface area (Å²) in [7, 11) is 0. The minimum absolute atomic E-state index is 0.0671. The highest BCUT2D eigenvalue weighted by Gasteiger charge is 2.07. The lowest BCUT2D eigenvalue weighted by Crippen LogP contribution is -1.95. The predicted octanol–water partition coefficient (Wildman–Crippen LogP) is 2.76. The van der Waals surface area contributed by atoms with Crippen molar-refractivity contribution < 1.29 is 15.0 Å². The molecule has 0 aromatic heterocycles. The molecular weight excluding hydrogens is 204 g/mol. The van der Waals surface area contributed by atoms with Gasteiger partial charge in [-0.2, -0.15) is 0 Å². The summed E-state index contributed by atoms with van der Waals surface area (Å²) < 4.78 is 0. The quantitative estimate of drug-likeness (QED) is 0.654. The molecule has 0 saturated carbocycles. The van der Waals surface area contributed by atoms with E-state index in [9.17, 15) is 4.79 Å². The van der Waals surface area contributed by atoms with Crippen LogP contribution >= 0.6 is 0 Å². The molecule has 0 atom stereocenters. The number of carboxylic acid groups (broad SMARTS) is 1. The van der Waals surface area contributed by atoms with E-state index >= 15 is 0 Å². The van der Waals surface area contributed by atoms with Gasteiger partial charge in [-0.1, -0.05) is 30.3 Å². The molecule has 0 aliphatic heterocycles. The van der Waals surface area contributed by atoms with Crippen LogP contribution in [0, 0.1) is 0 Å². The van der Waals surface area contributed by atoms with Crippen molar-refractivity contribution in [2.75, 3.05) is 0 Å². The van der Waals surface area contributed by atoms with Crippen LogP contribution in [0.5, 0.6) is 5.75 Å². The van der Waals surface area contributed by atoms with Crippen LogP contribution in [-0.4, -0.2) is 16.2 Å². The standard InChI is InChI=1S/C7H6O3.C6H4/c8-6-4-2-1-3-5(6)7(9)10;1-2-5-4-6(5)3-1/h1-4,8H,(H,9,10);1-4H. The average molecular weight is 214 g/mol. The van der Waals surface area contributed by atoms with E-state index < -0.39 is 5.97 Å². The Morgan fingerprint density at radius 2 is 1.56 bits per heavy atom. The molecular formula is C13H10O3. The van der Waals surface area contributed by atoms with Gasteiger partial charge in [0.2, 0.25) is 0 Å². The summed E-state index contributed by atoms with van der Waals surface area (Å²) in [5.74, 6) is -1.31. The molecule has 1 aromatic rings. The van der Waals surface area contributed by atoms with Gasteiger partial charge in [-0.25, -0.2) is 4.79 Å². The summed E-state index contributed by atoms with van der Waals surface area (Å²) in [6.45, 7) is 0. The Bertz CT molecular complexity index is 515. The Morgan fingerprint density at radius 1 is 0.938 bits per heavy atom. The highest BCUT2D eigenvalue weighted by molar-refractivity contribution is 5.90. The molecule has 16 heavy (non-hydrogen) atoms. The van der Waals surface area contributed by atoms with E-state index in [0.717, 1.165) is 0 Å². The van der Waals surface area contributed by atoms with Crippen molar-refractivity contribution in [2.45, 2.75) is 0 Å². The molecule has 0 heterocycles. The average Bonchev–Trinajstić information content (AvgIpc) is 2.87. The monoisotopic (exact) mass is 214 g/mol. The third-order valence-corrected chi connectivity index (χ3v) is 2.25. The number of rotatable bonds is 1. The first-order chi connectivity index (χ1) is 7.68. The second-order valence-corrected chi connectivity index (χ2v) is 3.40. The third kappa shape index (κ3) is 2.20. The molecule has 0 unspecified atom stereocenters. The SMILES string of the molecule is O=C(O)c1ccccc1O.c1cc2cc-2c1. The van der Waals surface area contributed by atoms with E-state index in [1.54, 1.807) is 12.1 Å². The Kier molecular flexibility index (Phi) is 2.60. The van der Waals surface area contributed by atoms with Crippen molar-refractivity contribution in [1.29, 1.82) is 0 Å². The maximum atomic E-state index is 10.3. The summed E-state index contributed by atoms with van der Waals surface area (Å²) in [5, 5.41) is 17.3. The van der Waals surface area contributed by atoms with Gasteiger partial charge >= 0.3 is 5.97 Å².